The van der Waals surface area contributed by atoms with Crippen molar-refractivity contribution in [2.45, 2.75) is 25.3 Å². The molecule has 74 valence electrons. The van der Waals surface area contributed by atoms with Gasteiger partial charge in [0, 0.05) is 11.8 Å². The number of allylic oxidation sites excluding steroid dienone is 1. The lowest BCUT2D eigenvalue weighted by atomic mass is 9.96. The molecule has 0 amide bonds. The molecule has 0 spiro atoms. The number of nitrogens with zero attached hydrogens (tertiary/aromatic N) is 1. The third-order valence-corrected chi connectivity index (χ3v) is 4.47. The van der Waals surface area contributed by atoms with Crippen LogP contribution in [0.4, 0.5) is 0 Å². The van der Waals surface area contributed by atoms with Crippen molar-refractivity contribution in [2.24, 2.45) is 5.92 Å². The minimum absolute atomic E-state index is 0.797. The predicted octanol–water partition coefficient (Wildman–Crippen LogP) is 2.39. The van der Waals surface area contributed by atoms with Crippen LogP contribution in [0.5, 0.6) is 0 Å². The van der Waals surface area contributed by atoms with Crippen molar-refractivity contribution in [1.29, 1.82) is 0 Å². The summed E-state index contributed by atoms with van der Waals surface area (Å²) >= 11 is 2.12. The molecule has 2 aliphatic heterocycles. The smallest absolute Gasteiger partial charge is 0.0194 e. The molecule has 0 N–H and O–H groups in total. The normalized spacial score (nSPS) is 32.2. The molecule has 0 aliphatic carbocycles. The van der Waals surface area contributed by atoms with E-state index >= 15 is 0 Å². The standard InChI is InChI=1S/C11H19NS/c1-2-10-3-6-12(7-4-10)11-5-8-13-9-11/h2,10-11H,1,3-9H2. The molecule has 0 aromatic heterocycles. The zero-order valence-corrected chi connectivity index (χ0v) is 9.06. The number of hydrogen-bond acceptors (Lipinski definition) is 2. The van der Waals surface area contributed by atoms with Gasteiger partial charge in [-0.2, -0.15) is 11.8 Å². The lowest BCUT2D eigenvalue weighted by Crippen LogP contribution is -2.41. The van der Waals surface area contributed by atoms with Crippen molar-refractivity contribution >= 4 is 11.8 Å². The number of piperidine rings is 1. The summed E-state index contributed by atoms with van der Waals surface area (Å²) in [5.74, 6) is 3.55. The molecule has 1 nitrogen and oxygen atoms in total. The maximum absolute atomic E-state index is 3.88. The maximum Gasteiger partial charge on any atom is 0.0194 e. The number of hydrogen-bond donors (Lipinski definition) is 0. The summed E-state index contributed by atoms with van der Waals surface area (Å²) in [5.41, 5.74) is 0. The van der Waals surface area contributed by atoms with Gasteiger partial charge in [0.05, 0.1) is 0 Å². The van der Waals surface area contributed by atoms with Gasteiger partial charge in [0.1, 0.15) is 0 Å². The molecule has 0 bridgehead atoms. The molecule has 2 rings (SSSR count). The molecule has 1 unspecified atom stereocenters. The molecule has 1 atom stereocenters. The molecular weight excluding hydrogens is 178 g/mol. The fourth-order valence-electron chi connectivity index (χ4n) is 2.33. The van der Waals surface area contributed by atoms with Crippen molar-refractivity contribution in [2.75, 3.05) is 24.6 Å². The molecule has 2 fully saturated rings. The van der Waals surface area contributed by atoms with Crippen LogP contribution in [0.2, 0.25) is 0 Å². The Morgan fingerprint density at radius 2 is 2.00 bits per heavy atom. The van der Waals surface area contributed by atoms with Gasteiger partial charge >= 0.3 is 0 Å². The highest BCUT2D eigenvalue weighted by Gasteiger charge is 2.26. The van der Waals surface area contributed by atoms with Crippen LogP contribution in [0.1, 0.15) is 19.3 Å². The molecule has 0 saturated carbocycles. The molecular formula is C11H19NS. The fourth-order valence-corrected chi connectivity index (χ4v) is 3.59. The Kier molecular flexibility index (Phi) is 3.33. The van der Waals surface area contributed by atoms with Crippen molar-refractivity contribution < 1.29 is 0 Å². The van der Waals surface area contributed by atoms with E-state index < -0.39 is 0 Å². The van der Waals surface area contributed by atoms with Gasteiger partial charge < -0.3 is 0 Å². The Bertz CT molecular complexity index is 167. The van der Waals surface area contributed by atoms with Crippen LogP contribution in [-0.4, -0.2) is 35.5 Å². The quantitative estimate of drug-likeness (QED) is 0.625. The van der Waals surface area contributed by atoms with E-state index in [1.54, 1.807) is 0 Å². The second-order valence-corrected chi connectivity index (χ2v) is 5.28. The first-order valence-electron chi connectivity index (χ1n) is 5.34. The van der Waals surface area contributed by atoms with Gasteiger partial charge in [0.15, 0.2) is 0 Å². The van der Waals surface area contributed by atoms with Crippen LogP contribution in [0.15, 0.2) is 12.7 Å². The zero-order chi connectivity index (χ0) is 9.10. The Morgan fingerprint density at radius 1 is 1.23 bits per heavy atom. The zero-order valence-electron chi connectivity index (χ0n) is 8.24. The van der Waals surface area contributed by atoms with Crippen LogP contribution in [0.3, 0.4) is 0 Å². The van der Waals surface area contributed by atoms with Crippen LogP contribution >= 0.6 is 11.8 Å². The van der Waals surface area contributed by atoms with E-state index in [4.69, 9.17) is 0 Å². The summed E-state index contributed by atoms with van der Waals surface area (Å²) < 4.78 is 0. The van der Waals surface area contributed by atoms with Crippen molar-refractivity contribution in [3.8, 4) is 0 Å². The Labute approximate surface area is 85.6 Å². The van der Waals surface area contributed by atoms with Gasteiger partial charge in [-0.05, 0) is 44.0 Å². The topological polar surface area (TPSA) is 3.24 Å². The highest BCUT2D eigenvalue weighted by molar-refractivity contribution is 7.99. The second kappa shape index (κ2) is 4.52. The lowest BCUT2D eigenvalue weighted by molar-refractivity contribution is 0.158. The Morgan fingerprint density at radius 3 is 2.54 bits per heavy atom. The Hall–Kier alpha value is 0.0500. The Balaban J connectivity index is 1.79. The summed E-state index contributed by atoms with van der Waals surface area (Å²) in [5, 5.41) is 0. The molecule has 2 saturated heterocycles. The first-order valence-corrected chi connectivity index (χ1v) is 6.50. The molecule has 0 aromatic rings. The minimum Gasteiger partial charge on any atom is -0.299 e. The monoisotopic (exact) mass is 197 g/mol. The van der Waals surface area contributed by atoms with Crippen molar-refractivity contribution in [3.05, 3.63) is 12.7 Å². The van der Waals surface area contributed by atoms with Crippen LogP contribution in [0.25, 0.3) is 0 Å². The summed E-state index contributed by atoms with van der Waals surface area (Å²) in [4.78, 5) is 2.69. The summed E-state index contributed by atoms with van der Waals surface area (Å²) in [6.07, 6.45) is 6.24. The van der Waals surface area contributed by atoms with Crippen LogP contribution in [0, 0.1) is 5.92 Å². The number of rotatable bonds is 2. The van der Waals surface area contributed by atoms with E-state index in [0.29, 0.717) is 0 Å². The van der Waals surface area contributed by atoms with Gasteiger partial charge in [-0.3, -0.25) is 4.90 Å². The van der Waals surface area contributed by atoms with E-state index in [1.165, 1.54) is 43.9 Å². The molecule has 13 heavy (non-hydrogen) atoms. The van der Waals surface area contributed by atoms with Gasteiger partial charge in [0.25, 0.3) is 0 Å². The SMILES string of the molecule is C=CC1CCN(C2CCSC2)CC1. The first-order chi connectivity index (χ1) is 6.40. The molecule has 2 heterocycles. The summed E-state index contributed by atoms with van der Waals surface area (Å²) in [6.45, 7) is 6.50. The summed E-state index contributed by atoms with van der Waals surface area (Å²) in [6, 6.07) is 0.899. The van der Waals surface area contributed by atoms with Crippen molar-refractivity contribution in [1.82, 2.24) is 4.90 Å². The van der Waals surface area contributed by atoms with E-state index in [2.05, 4.69) is 29.3 Å². The second-order valence-electron chi connectivity index (χ2n) is 4.13. The van der Waals surface area contributed by atoms with Crippen LogP contribution < -0.4 is 0 Å². The number of thioether (sulfide) groups is 1. The lowest BCUT2D eigenvalue weighted by Gasteiger charge is -2.34. The van der Waals surface area contributed by atoms with E-state index in [1.807, 2.05) is 0 Å². The molecule has 2 heteroatoms. The predicted molar refractivity (Wildman–Crippen MR) is 60.2 cm³/mol. The summed E-state index contributed by atoms with van der Waals surface area (Å²) in [7, 11) is 0. The van der Waals surface area contributed by atoms with Gasteiger partial charge in [0.2, 0.25) is 0 Å². The maximum atomic E-state index is 3.88. The molecule has 0 radical (unpaired) electrons. The van der Waals surface area contributed by atoms with Gasteiger partial charge in [-0.25, -0.2) is 0 Å². The van der Waals surface area contributed by atoms with E-state index in [-0.39, 0.29) is 0 Å². The molecule has 2 aliphatic rings. The molecule has 0 aromatic carbocycles. The van der Waals surface area contributed by atoms with Gasteiger partial charge in [-0.1, -0.05) is 6.08 Å². The largest absolute Gasteiger partial charge is 0.299 e. The van der Waals surface area contributed by atoms with Gasteiger partial charge in [-0.15, -0.1) is 6.58 Å². The average molecular weight is 197 g/mol. The van der Waals surface area contributed by atoms with E-state index in [0.717, 1.165) is 12.0 Å². The van der Waals surface area contributed by atoms with Crippen molar-refractivity contribution in [3.63, 3.8) is 0 Å². The fraction of sp³-hybridized carbons (Fsp3) is 0.818. The first kappa shape index (κ1) is 9.60. The highest BCUT2D eigenvalue weighted by Crippen LogP contribution is 2.26. The third kappa shape index (κ3) is 2.29. The third-order valence-electron chi connectivity index (χ3n) is 3.33. The average Bonchev–Trinajstić information content (AvgIpc) is 2.71. The van der Waals surface area contributed by atoms with Crippen LogP contribution in [-0.2, 0) is 0 Å². The highest BCUT2D eigenvalue weighted by atomic mass is 32.2. The minimum atomic E-state index is 0.797. The van der Waals surface area contributed by atoms with E-state index in [9.17, 15) is 0 Å². The number of likely N-dealkylation sites (tertiary alicyclic amines) is 1.